The minimum Gasteiger partial charge on any atom is -0.542 e. The highest BCUT2D eigenvalue weighted by Gasteiger charge is 2.58. The third-order valence-corrected chi connectivity index (χ3v) is 11.4. The number of alkyl halides is 3. The Kier molecular flexibility index (Phi) is 9.83. The van der Waals surface area contributed by atoms with Gasteiger partial charge in [0.1, 0.15) is 17.3 Å². The molecule has 1 spiro atoms. The Hall–Kier alpha value is -2.50. The van der Waals surface area contributed by atoms with E-state index in [9.17, 15) is 18.0 Å². The Balaban J connectivity index is 0.000000472. The van der Waals surface area contributed by atoms with Gasteiger partial charge in [-0.25, -0.2) is 4.98 Å². The topological polar surface area (TPSA) is 94.4 Å². The summed E-state index contributed by atoms with van der Waals surface area (Å²) >= 11 is 1.88. The van der Waals surface area contributed by atoms with Gasteiger partial charge in [0.15, 0.2) is 0 Å². The lowest BCUT2D eigenvalue weighted by Gasteiger charge is -2.46. The maximum atomic E-state index is 14.7. The van der Waals surface area contributed by atoms with E-state index >= 15 is 0 Å². The molecule has 1 saturated carbocycles. The van der Waals surface area contributed by atoms with Gasteiger partial charge in [-0.05, 0) is 50.0 Å². The van der Waals surface area contributed by atoms with Crippen LogP contribution in [0, 0.1) is 18.8 Å². The molecule has 3 aliphatic heterocycles. The van der Waals surface area contributed by atoms with Crippen LogP contribution in [0.3, 0.4) is 0 Å². The predicted octanol–water partition coefficient (Wildman–Crippen LogP) is 1.61. The number of likely N-dealkylation sites (N-methyl/N-ethyl adjacent to an activating group) is 1. The van der Waals surface area contributed by atoms with E-state index in [-0.39, 0.29) is 11.3 Å². The zero-order valence-electron chi connectivity index (χ0n) is 25.1. The van der Waals surface area contributed by atoms with Gasteiger partial charge in [-0.2, -0.15) is 13.2 Å². The summed E-state index contributed by atoms with van der Waals surface area (Å²) in [5.41, 5.74) is 2.69. The molecular formula is C32H44F3N4O3S+. The van der Waals surface area contributed by atoms with Crippen LogP contribution in [0.15, 0.2) is 30.3 Å². The number of thiazole rings is 1. The number of carboxylic acids is 1. The lowest BCUT2D eigenvalue weighted by Crippen LogP contribution is -3.11. The summed E-state index contributed by atoms with van der Waals surface area (Å²) in [5.74, 6) is -1.23. The first kappa shape index (κ1) is 31.9. The molecule has 1 aromatic heterocycles. The van der Waals surface area contributed by atoms with E-state index in [0.717, 1.165) is 52.0 Å². The molecule has 2 aromatic rings. The van der Waals surface area contributed by atoms with E-state index in [4.69, 9.17) is 14.9 Å². The smallest absolute Gasteiger partial charge is 0.430 e. The summed E-state index contributed by atoms with van der Waals surface area (Å²) in [6, 6.07) is 11.5. The molecule has 5 atom stereocenters. The van der Waals surface area contributed by atoms with Crippen LogP contribution in [0.5, 0.6) is 0 Å². The lowest BCUT2D eigenvalue weighted by atomic mass is 9.72. The van der Waals surface area contributed by atoms with E-state index in [2.05, 4.69) is 54.5 Å². The van der Waals surface area contributed by atoms with Crippen molar-refractivity contribution >= 4 is 23.2 Å². The number of carboxylic acid groups (broad SMARTS) is 1. The summed E-state index contributed by atoms with van der Waals surface area (Å²) in [7, 11) is 2.32. The number of hydrogen-bond donors (Lipinski definition) is 2. The number of nitrogens with zero attached hydrogens (tertiary/aromatic N) is 2. The number of piperidine rings is 1. The number of benzene rings is 1. The molecule has 43 heavy (non-hydrogen) atoms. The van der Waals surface area contributed by atoms with Crippen molar-refractivity contribution in [2.75, 3.05) is 39.8 Å². The Morgan fingerprint density at radius 2 is 1.84 bits per heavy atom. The number of halogens is 3. The zero-order chi connectivity index (χ0) is 30.8. The third kappa shape index (κ3) is 6.93. The van der Waals surface area contributed by atoms with Gasteiger partial charge in [-0.15, -0.1) is 11.3 Å². The number of amides is 1. The SMILES string of the molecule is Cc1nc2c(s1)[C@@]1(C[NH2+]CC1C(=O)N1CC[C@@H](c3ccccc3)C[C@H]1C1CCCCC1)C[NH+](C)CC2.O=C([O-])C(F)(F)F. The highest BCUT2D eigenvalue weighted by atomic mass is 32.1. The monoisotopic (exact) mass is 621 g/mol. The number of nitrogens with one attached hydrogen (secondary N) is 1. The average Bonchev–Trinajstić information content (AvgIpc) is 3.56. The van der Waals surface area contributed by atoms with Gasteiger partial charge in [-0.3, -0.25) is 4.79 Å². The molecule has 1 aromatic carbocycles. The Morgan fingerprint density at radius 1 is 1.14 bits per heavy atom. The Bertz CT molecular complexity index is 1270. The molecule has 3 N–H and O–H groups in total. The van der Waals surface area contributed by atoms with E-state index in [1.807, 2.05) is 11.3 Å². The first-order valence-corrected chi connectivity index (χ1v) is 16.5. The quantitative estimate of drug-likeness (QED) is 0.545. The van der Waals surface area contributed by atoms with Crippen molar-refractivity contribution in [2.24, 2.45) is 11.8 Å². The van der Waals surface area contributed by atoms with Crippen molar-refractivity contribution < 1.29 is 38.1 Å². The van der Waals surface area contributed by atoms with Crippen molar-refractivity contribution in [2.45, 2.75) is 81.8 Å². The summed E-state index contributed by atoms with van der Waals surface area (Å²) in [4.78, 5) is 33.8. The lowest BCUT2D eigenvalue weighted by molar-refractivity contribution is -0.884. The summed E-state index contributed by atoms with van der Waals surface area (Å²) in [6.07, 6.45) is 4.70. The molecule has 0 radical (unpaired) electrons. The van der Waals surface area contributed by atoms with Crippen molar-refractivity contribution in [1.29, 1.82) is 0 Å². The fraction of sp³-hybridized carbons (Fsp3) is 0.656. The molecular weight excluding hydrogens is 577 g/mol. The first-order valence-electron chi connectivity index (χ1n) is 15.7. The van der Waals surface area contributed by atoms with Crippen molar-refractivity contribution in [3.63, 3.8) is 0 Å². The van der Waals surface area contributed by atoms with Crippen LogP contribution >= 0.6 is 11.3 Å². The molecule has 4 aliphatic rings. The molecule has 1 aliphatic carbocycles. The highest BCUT2D eigenvalue weighted by molar-refractivity contribution is 7.11. The molecule has 236 valence electrons. The fourth-order valence-corrected chi connectivity index (χ4v) is 9.41. The van der Waals surface area contributed by atoms with Gasteiger partial charge in [0.25, 0.3) is 0 Å². The second-order valence-electron chi connectivity index (χ2n) is 13.0. The van der Waals surface area contributed by atoms with Gasteiger partial charge in [0.2, 0.25) is 5.91 Å². The number of aryl methyl sites for hydroxylation is 1. The number of carbonyl (C=O) groups excluding carboxylic acids is 2. The number of fused-ring (bicyclic) bond motifs is 2. The highest BCUT2D eigenvalue weighted by Crippen LogP contribution is 2.44. The minimum absolute atomic E-state index is 0.0632. The molecule has 11 heteroatoms. The first-order chi connectivity index (χ1) is 20.5. The van der Waals surface area contributed by atoms with E-state index in [0.29, 0.717) is 23.8 Å². The van der Waals surface area contributed by atoms with Crippen LogP contribution < -0.4 is 15.3 Å². The standard InChI is InChI=1S/C30H42N4OS.C2HF3O2/c1-21-32-26-14-15-33(2)20-30(28(26)36-21)19-31-18-25(30)29(35)34-16-13-24(22-9-5-3-6-10-22)17-27(34)23-11-7-4-8-12-23;3-2(4,5)1(6)7/h3,5-6,9-10,23-25,27,31H,4,7-8,11-20H2,1-2H3;(H,6,7)/p+1/t24-,25?,27+,30+;/m1./s1. The second kappa shape index (κ2) is 13.2. The molecule has 7 nitrogen and oxygen atoms in total. The summed E-state index contributed by atoms with van der Waals surface area (Å²) in [5, 5.41) is 12.4. The van der Waals surface area contributed by atoms with Gasteiger partial charge < -0.3 is 25.0 Å². The van der Waals surface area contributed by atoms with Crippen LogP contribution in [0.1, 0.15) is 72.0 Å². The average molecular weight is 622 g/mol. The minimum atomic E-state index is -5.19. The molecule has 4 heterocycles. The van der Waals surface area contributed by atoms with Crippen LogP contribution in [0.2, 0.25) is 0 Å². The third-order valence-electron chi connectivity index (χ3n) is 10.2. The van der Waals surface area contributed by atoms with Crippen LogP contribution in [0.4, 0.5) is 13.2 Å². The molecule has 2 unspecified atom stereocenters. The summed E-state index contributed by atoms with van der Waals surface area (Å²) in [6.45, 7) is 7.20. The Labute approximate surface area is 255 Å². The van der Waals surface area contributed by atoms with Crippen LogP contribution in [-0.2, 0) is 21.4 Å². The fourth-order valence-electron chi connectivity index (χ4n) is 8.19. The maximum absolute atomic E-state index is 14.7. The van der Waals surface area contributed by atoms with E-state index < -0.39 is 12.1 Å². The summed E-state index contributed by atoms with van der Waals surface area (Å²) < 4.78 is 31.5. The second-order valence-corrected chi connectivity index (χ2v) is 14.2. The zero-order valence-corrected chi connectivity index (χ0v) is 25.9. The maximum Gasteiger partial charge on any atom is 0.430 e. The van der Waals surface area contributed by atoms with Crippen molar-refractivity contribution in [1.82, 2.24) is 9.88 Å². The molecule has 0 bridgehead atoms. The van der Waals surface area contributed by atoms with Gasteiger partial charge in [0, 0.05) is 23.9 Å². The Morgan fingerprint density at radius 3 is 2.51 bits per heavy atom. The number of carbonyl (C=O) groups is 2. The predicted molar refractivity (Wildman–Crippen MR) is 156 cm³/mol. The van der Waals surface area contributed by atoms with Crippen LogP contribution in [0.25, 0.3) is 0 Å². The number of hydrogen-bond acceptors (Lipinski definition) is 5. The number of aromatic nitrogens is 1. The van der Waals surface area contributed by atoms with Gasteiger partial charge in [-0.1, -0.05) is 49.6 Å². The van der Waals surface area contributed by atoms with Gasteiger partial charge >= 0.3 is 6.18 Å². The molecule has 3 fully saturated rings. The largest absolute Gasteiger partial charge is 0.542 e. The number of likely N-dealkylation sites (tertiary alicyclic amines) is 1. The van der Waals surface area contributed by atoms with Gasteiger partial charge in [0.05, 0.1) is 43.9 Å². The van der Waals surface area contributed by atoms with E-state index in [1.165, 1.54) is 53.2 Å². The number of quaternary nitrogens is 2. The number of nitrogens with two attached hydrogens (primary N) is 1. The molecule has 1 amide bonds. The molecule has 2 saturated heterocycles. The van der Waals surface area contributed by atoms with E-state index in [1.54, 1.807) is 4.90 Å². The normalized spacial score (nSPS) is 29.8. The number of aliphatic carboxylic acids is 1. The number of rotatable bonds is 3. The van der Waals surface area contributed by atoms with Crippen molar-refractivity contribution in [3.8, 4) is 0 Å². The van der Waals surface area contributed by atoms with Crippen molar-refractivity contribution in [3.05, 3.63) is 51.5 Å². The molecule has 6 rings (SSSR count). The van der Waals surface area contributed by atoms with Crippen LogP contribution in [-0.4, -0.2) is 73.7 Å².